The molecule has 1 aromatic rings. The average Bonchev–Trinajstić information content (AvgIpc) is 2.05. The van der Waals surface area contributed by atoms with Crippen molar-refractivity contribution >= 4 is 5.69 Å². The fourth-order valence-corrected chi connectivity index (χ4v) is 0.648. The molecule has 0 radical (unpaired) electrons. The van der Waals surface area contributed by atoms with E-state index in [2.05, 4.69) is 0 Å². The lowest BCUT2D eigenvalue weighted by molar-refractivity contribution is 0.617. The van der Waals surface area contributed by atoms with Crippen LogP contribution in [-0.4, -0.2) is 0 Å². The number of nitriles is 1. The van der Waals surface area contributed by atoms with Gasteiger partial charge in [-0.25, -0.2) is 5.54 Å². The molecule has 0 aliphatic heterocycles. The lowest BCUT2D eigenvalue weighted by atomic mass is 10.2. The second-order valence-electron chi connectivity index (χ2n) is 1.79. The van der Waals surface area contributed by atoms with Crippen molar-refractivity contribution in [2.75, 3.05) is 5.54 Å². The molecule has 0 heterocycles. The van der Waals surface area contributed by atoms with E-state index >= 15 is 0 Å². The Morgan fingerprint density at radius 1 is 1.50 bits per heavy atom. The number of hydrogen-bond acceptors (Lipinski definition) is 2. The molecule has 0 aliphatic carbocycles. The topological polar surface area (TPSA) is 35.8 Å². The summed E-state index contributed by atoms with van der Waals surface area (Å²) < 4.78 is 11.7. The zero-order chi connectivity index (χ0) is 7.40. The van der Waals surface area contributed by atoms with Crippen molar-refractivity contribution in [1.29, 1.82) is 5.26 Å². The molecule has 0 aromatic heterocycles. The van der Waals surface area contributed by atoms with Crippen LogP contribution in [0.4, 0.5) is 10.2 Å². The van der Waals surface area contributed by atoms with Gasteiger partial charge in [-0.05, 0) is 18.2 Å². The molecule has 3 heteroatoms. The van der Waals surface area contributed by atoms with E-state index in [1.54, 1.807) is 18.2 Å². The van der Waals surface area contributed by atoms with E-state index in [-0.39, 0.29) is 0 Å². The minimum atomic E-state index is 0.305. The van der Waals surface area contributed by atoms with Crippen LogP contribution < -0.4 is 5.54 Å². The minimum Gasteiger partial charge on any atom is -0.225 e. The quantitative estimate of drug-likeness (QED) is 0.598. The molecular weight excluding hydrogens is 131 g/mol. The number of benzene rings is 1. The smallest absolute Gasteiger partial charge is 0.0992 e. The zero-order valence-corrected chi connectivity index (χ0v) is 5.13. The summed E-state index contributed by atoms with van der Waals surface area (Å²) in [7, 11) is 0. The third-order valence-electron chi connectivity index (χ3n) is 1.10. The number of nitrogens with zero attached hydrogens (tertiary/aromatic N) is 1. The molecule has 2 nitrogen and oxygen atoms in total. The maximum atomic E-state index is 11.7. The maximum absolute atomic E-state index is 11.7. The van der Waals surface area contributed by atoms with Gasteiger partial charge in [-0.3, -0.25) is 0 Å². The Morgan fingerprint density at radius 3 is 2.90 bits per heavy atom. The summed E-state index contributed by atoms with van der Waals surface area (Å²) in [5.41, 5.74) is 2.20. The molecule has 0 spiro atoms. The van der Waals surface area contributed by atoms with Gasteiger partial charge in [-0.2, -0.15) is 5.26 Å². The monoisotopic (exact) mass is 136 g/mol. The molecule has 0 aliphatic rings. The first-order valence-corrected chi connectivity index (χ1v) is 2.73. The van der Waals surface area contributed by atoms with Crippen LogP contribution in [0.3, 0.4) is 0 Å². The number of hydrogen-bond donors (Lipinski definition) is 1. The number of anilines is 1. The van der Waals surface area contributed by atoms with Gasteiger partial charge in [0.1, 0.15) is 0 Å². The van der Waals surface area contributed by atoms with Gasteiger partial charge in [0.25, 0.3) is 0 Å². The zero-order valence-electron chi connectivity index (χ0n) is 5.13. The van der Waals surface area contributed by atoms with Crippen LogP contribution in [0.1, 0.15) is 5.56 Å². The molecular formula is C7H5FN2. The molecule has 0 unspecified atom stereocenters. The van der Waals surface area contributed by atoms with Gasteiger partial charge in [0.05, 0.1) is 17.3 Å². The van der Waals surface area contributed by atoms with Gasteiger partial charge in [0.2, 0.25) is 0 Å². The fourth-order valence-electron chi connectivity index (χ4n) is 0.648. The molecule has 1 aromatic carbocycles. The highest BCUT2D eigenvalue weighted by atomic mass is 19.2. The van der Waals surface area contributed by atoms with Crippen LogP contribution in [0.25, 0.3) is 0 Å². The normalized spacial score (nSPS) is 8.40. The number of rotatable bonds is 1. The van der Waals surface area contributed by atoms with Crippen molar-refractivity contribution in [3.63, 3.8) is 0 Å². The van der Waals surface area contributed by atoms with Crippen molar-refractivity contribution < 1.29 is 4.48 Å². The van der Waals surface area contributed by atoms with E-state index < -0.39 is 0 Å². The number of halogens is 1. The maximum Gasteiger partial charge on any atom is 0.0992 e. The summed E-state index contributed by atoms with van der Waals surface area (Å²) in [5, 5.41) is 8.36. The highest BCUT2D eigenvalue weighted by Gasteiger charge is 1.90. The first kappa shape index (κ1) is 6.56. The van der Waals surface area contributed by atoms with E-state index in [0.29, 0.717) is 11.3 Å². The predicted molar refractivity (Wildman–Crippen MR) is 35.9 cm³/mol. The summed E-state index contributed by atoms with van der Waals surface area (Å²) in [6, 6.07) is 8.09. The Balaban J connectivity index is 3.01. The average molecular weight is 136 g/mol. The first-order chi connectivity index (χ1) is 4.86. The third kappa shape index (κ3) is 1.23. The summed E-state index contributed by atoms with van der Waals surface area (Å²) >= 11 is 0. The number of nitrogens with one attached hydrogen (secondary N) is 1. The van der Waals surface area contributed by atoms with E-state index in [0.717, 1.165) is 0 Å². The molecule has 0 atom stereocenters. The largest absolute Gasteiger partial charge is 0.225 e. The van der Waals surface area contributed by atoms with Crippen molar-refractivity contribution in [1.82, 2.24) is 0 Å². The molecule has 1 rings (SSSR count). The fraction of sp³-hybridized carbons (Fsp3) is 0. The second-order valence-corrected chi connectivity index (χ2v) is 1.79. The standard InChI is InChI=1S/C7H5FN2/c8-10-7-3-1-2-6(4-7)5-9/h1-4,10H. The molecule has 1 N–H and O–H groups in total. The van der Waals surface area contributed by atoms with Gasteiger partial charge in [-0.15, -0.1) is 4.48 Å². The Hall–Kier alpha value is -1.56. The Kier molecular flexibility index (Phi) is 1.86. The van der Waals surface area contributed by atoms with Crippen molar-refractivity contribution in [2.24, 2.45) is 0 Å². The molecule has 0 amide bonds. The highest BCUT2D eigenvalue weighted by Crippen LogP contribution is 2.08. The Morgan fingerprint density at radius 2 is 2.30 bits per heavy atom. The van der Waals surface area contributed by atoms with Crippen LogP contribution in [0.5, 0.6) is 0 Å². The lowest BCUT2D eigenvalue weighted by Crippen LogP contribution is -1.81. The van der Waals surface area contributed by atoms with E-state index in [9.17, 15) is 4.48 Å². The van der Waals surface area contributed by atoms with Crippen LogP contribution >= 0.6 is 0 Å². The molecule has 0 saturated carbocycles. The van der Waals surface area contributed by atoms with Crippen molar-refractivity contribution in [3.05, 3.63) is 29.8 Å². The summed E-state index contributed by atoms with van der Waals surface area (Å²) in [5.74, 6) is 0. The highest BCUT2D eigenvalue weighted by molar-refractivity contribution is 5.47. The van der Waals surface area contributed by atoms with E-state index in [1.807, 2.05) is 6.07 Å². The van der Waals surface area contributed by atoms with Crippen LogP contribution in [-0.2, 0) is 0 Å². The van der Waals surface area contributed by atoms with Gasteiger partial charge < -0.3 is 0 Å². The third-order valence-corrected chi connectivity index (χ3v) is 1.10. The SMILES string of the molecule is N#Cc1cccc(NF)c1. The first-order valence-electron chi connectivity index (χ1n) is 2.73. The lowest BCUT2D eigenvalue weighted by Gasteiger charge is -1.93. The Bertz CT molecular complexity index is 265. The predicted octanol–water partition coefficient (Wildman–Crippen LogP) is 1.85. The van der Waals surface area contributed by atoms with E-state index in [1.165, 1.54) is 11.6 Å². The molecule has 0 bridgehead atoms. The van der Waals surface area contributed by atoms with Crippen LogP contribution in [0.15, 0.2) is 24.3 Å². The van der Waals surface area contributed by atoms with Gasteiger partial charge in [-0.1, -0.05) is 6.07 Å². The summed E-state index contributed by atoms with van der Waals surface area (Å²) in [6.07, 6.45) is 0. The molecule has 10 heavy (non-hydrogen) atoms. The minimum absolute atomic E-state index is 0.305. The van der Waals surface area contributed by atoms with Gasteiger partial charge >= 0.3 is 0 Å². The Labute approximate surface area is 57.8 Å². The van der Waals surface area contributed by atoms with Crippen LogP contribution in [0.2, 0.25) is 0 Å². The molecule has 0 fully saturated rings. The van der Waals surface area contributed by atoms with E-state index in [4.69, 9.17) is 5.26 Å². The van der Waals surface area contributed by atoms with Gasteiger partial charge in [0.15, 0.2) is 0 Å². The van der Waals surface area contributed by atoms with Crippen molar-refractivity contribution in [2.45, 2.75) is 0 Å². The van der Waals surface area contributed by atoms with Crippen LogP contribution in [0, 0.1) is 11.3 Å². The van der Waals surface area contributed by atoms with Crippen molar-refractivity contribution in [3.8, 4) is 6.07 Å². The summed E-state index contributed by atoms with van der Waals surface area (Å²) in [6.45, 7) is 0. The van der Waals surface area contributed by atoms with Gasteiger partial charge in [0, 0.05) is 0 Å². The molecule has 0 saturated heterocycles. The summed E-state index contributed by atoms with van der Waals surface area (Å²) in [4.78, 5) is 0. The second kappa shape index (κ2) is 2.83. The molecule has 50 valence electrons.